The highest BCUT2D eigenvalue weighted by atomic mass is 16.5. The SMILES string of the molecule is CCNC(Cc1nc(C(OC)C(C)(C)C)no1)CC(C)C. The van der Waals surface area contributed by atoms with Crippen LogP contribution in [0, 0.1) is 11.3 Å². The summed E-state index contributed by atoms with van der Waals surface area (Å²) < 4.78 is 11.0. The smallest absolute Gasteiger partial charge is 0.228 e. The van der Waals surface area contributed by atoms with Crippen LogP contribution in [0.25, 0.3) is 0 Å². The molecule has 0 aliphatic heterocycles. The van der Waals surface area contributed by atoms with Crippen molar-refractivity contribution in [1.29, 1.82) is 0 Å². The maximum atomic E-state index is 5.53. The normalized spacial score (nSPS) is 15.4. The van der Waals surface area contributed by atoms with Crippen molar-refractivity contribution in [1.82, 2.24) is 15.5 Å². The Bertz CT molecular complexity index is 410. The first-order valence-corrected chi connectivity index (χ1v) is 7.86. The number of rotatable bonds is 8. The lowest BCUT2D eigenvalue weighted by Gasteiger charge is -2.26. The van der Waals surface area contributed by atoms with Gasteiger partial charge in [-0.15, -0.1) is 0 Å². The second-order valence-electron chi connectivity index (χ2n) is 7.12. The third-order valence-corrected chi connectivity index (χ3v) is 3.41. The quantitative estimate of drug-likeness (QED) is 0.797. The molecule has 2 atom stereocenters. The molecule has 0 bridgehead atoms. The fourth-order valence-electron chi connectivity index (χ4n) is 2.61. The van der Waals surface area contributed by atoms with E-state index >= 15 is 0 Å². The van der Waals surface area contributed by atoms with Gasteiger partial charge in [-0.1, -0.05) is 46.7 Å². The van der Waals surface area contributed by atoms with Gasteiger partial charge in [0.1, 0.15) is 6.10 Å². The summed E-state index contributed by atoms with van der Waals surface area (Å²) in [6.07, 6.45) is 1.70. The van der Waals surface area contributed by atoms with Crippen molar-refractivity contribution in [2.45, 2.75) is 66.5 Å². The van der Waals surface area contributed by atoms with Gasteiger partial charge in [-0.05, 0) is 24.3 Å². The molecule has 2 unspecified atom stereocenters. The first-order chi connectivity index (χ1) is 9.77. The van der Waals surface area contributed by atoms with E-state index in [9.17, 15) is 0 Å². The predicted octanol–water partition coefficient (Wildman–Crippen LogP) is 3.37. The minimum atomic E-state index is -0.155. The third-order valence-electron chi connectivity index (χ3n) is 3.41. The zero-order valence-electron chi connectivity index (χ0n) is 14.6. The topological polar surface area (TPSA) is 60.2 Å². The maximum Gasteiger partial charge on any atom is 0.228 e. The molecule has 122 valence electrons. The molecular weight excluding hydrogens is 266 g/mol. The molecule has 0 aromatic carbocycles. The lowest BCUT2D eigenvalue weighted by Crippen LogP contribution is -2.32. The molecule has 5 heteroatoms. The summed E-state index contributed by atoms with van der Waals surface area (Å²) in [7, 11) is 1.69. The van der Waals surface area contributed by atoms with E-state index in [2.05, 4.69) is 57.0 Å². The van der Waals surface area contributed by atoms with Crippen LogP contribution < -0.4 is 5.32 Å². The predicted molar refractivity (Wildman–Crippen MR) is 84.1 cm³/mol. The second-order valence-corrected chi connectivity index (χ2v) is 7.12. The van der Waals surface area contributed by atoms with Crippen molar-refractivity contribution in [2.75, 3.05) is 13.7 Å². The van der Waals surface area contributed by atoms with Gasteiger partial charge in [-0.25, -0.2) is 0 Å². The minimum absolute atomic E-state index is 0.0606. The molecule has 0 radical (unpaired) electrons. The Balaban J connectivity index is 2.77. The van der Waals surface area contributed by atoms with Gasteiger partial charge in [0.2, 0.25) is 11.7 Å². The van der Waals surface area contributed by atoms with Crippen LogP contribution in [0.1, 0.15) is 65.8 Å². The largest absolute Gasteiger partial charge is 0.373 e. The summed E-state index contributed by atoms with van der Waals surface area (Å²) in [6, 6.07) is 0.374. The highest BCUT2D eigenvalue weighted by Crippen LogP contribution is 2.33. The van der Waals surface area contributed by atoms with Gasteiger partial charge >= 0.3 is 0 Å². The number of nitrogens with zero attached hydrogens (tertiary/aromatic N) is 2. The van der Waals surface area contributed by atoms with E-state index in [0.29, 0.717) is 23.7 Å². The number of hydrogen-bond donors (Lipinski definition) is 1. The van der Waals surface area contributed by atoms with Crippen LogP contribution in [0.2, 0.25) is 0 Å². The number of aromatic nitrogens is 2. The van der Waals surface area contributed by atoms with Crippen molar-refractivity contribution in [2.24, 2.45) is 11.3 Å². The lowest BCUT2D eigenvalue weighted by atomic mass is 9.88. The molecule has 5 nitrogen and oxygen atoms in total. The van der Waals surface area contributed by atoms with E-state index in [4.69, 9.17) is 9.26 Å². The summed E-state index contributed by atoms with van der Waals surface area (Å²) in [5.41, 5.74) is -0.0606. The molecule has 0 saturated carbocycles. The van der Waals surface area contributed by atoms with E-state index < -0.39 is 0 Å². The maximum absolute atomic E-state index is 5.53. The van der Waals surface area contributed by atoms with Crippen molar-refractivity contribution in [3.8, 4) is 0 Å². The van der Waals surface area contributed by atoms with E-state index in [1.807, 2.05) is 0 Å². The van der Waals surface area contributed by atoms with Gasteiger partial charge in [0.15, 0.2) is 0 Å². The van der Waals surface area contributed by atoms with Crippen LogP contribution in [0.15, 0.2) is 4.52 Å². The highest BCUT2D eigenvalue weighted by molar-refractivity contribution is 4.97. The average Bonchev–Trinajstić information content (AvgIpc) is 2.75. The number of likely N-dealkylation sites (N-methyl/N-ethyl adjacent to an activating group) is 1. The van der Waals surface area contributed by atoms with Crippen molar-refractivity contribution < 1.29 is 9.26 Å². The summed E-state index contributed by atoms with van der Waals surface area (Å²) in [5.74, 6) is 1.96. The standard InChI is InChI=1S/C16H31N3O2/c1-8-17-12(9-11(2)3)10-13-18-15(19-21-13)14(20-7)16(4,5)6/h11-12,14,17H,8-10H2,1-7H3. The van der Waals surface area contributed by atoms with Crippen LogP contribution in [0.5, 0.6) is 0 Å². The number of hydrogen-bond acceptors (Lipinski definition) is 5. The second kappa shape index (κ2) is 7.90. The van der Waals surface area contributed by atoms with Crippen molar-refractivity contribution in [3.05, 3.63) is 11.7 Å². The van der Waals surface area contributed by atoms with E-state index in [1.165, 1.54) is 0 Å². The molecule has 21 heavy (non-hydrogen) atoms. The Morgan fingerprint density at radius 2 is 1.95 bits per heavy atom. The minimum Gasteiger partial charge on any atom is -0.373 e. The number of nitrogens with one attached hydrogen (secondary N) is 1. The Morgan fingerprint density at radius 1 is 1.29 bits per heavy atom. The Hall–Kier alpha value is -0.940. The summed E-state index contributed by atoms with van der Waals surface area (Å²) in [5, 5.41) is 7.59. The molecule has 1 aromatic rings. The molecule has 1 rings (SSSR count). The van der Waals surface area contributed by atoms with Crippen molar-refractivity contribution in [3.63, 3.8) is 0 Å². The highest BCUT2D eigenvalue weighted by Gasteiger charge is 2.30. The van der Waals surface area contributed by atoms with Crippen LogP contribution in [-0.4, -0.2) is 29.8 Å². The van der Waals surface area contributed by atoms with Gasteiger partial charge in [-0.3, -0.25) is 0 Å². The molecule has 0 fully saturated rings. The number of methoxy groups -OCH3 is 1. The van der Waals surface area contributed by atoms with Crippen LogP contribution in [0.3, 0.4) is 0 Å². The van der Waals surface area contributed by atoms with Crippen LogP contribution in [-0.2, 0) is 11.2 Å². The van der Waals surface area contributed by atoms with Gasteiger partial charge in [0.25, 0.3) is 0 Å². The van der Waals surface area contributed by atoms with Crippen LogP contribution in [0.4, 0.5) is 0 Å². The monoisotopic (exact) mass is 297 g/mol. The van der Waals surface area contributed by atoms with Gasteiger partial charge < -0.3 is 14.6 Å². The molecule has 0 amide bonds. The Labute approximate surface area is 128 Å². The zero-order valence-corrected chi connectivity index (χ0v) is 14.6. The zero-order chi connectivity index (χ0) is 16.0. The van der Waals surface area contributed by atoms with Gasteiger partial charge in [0.05, 0.1) is 0 Å². The van der Waals surface area contributed by atoms with Gasteiger partial charge in [-0.2, -0.15) is 4.98 Å². The summed E-state index contributed by atoms with van der Waals surface area (Å²) in [4.78, 5) is 4.53. The Kier molecular flexibility index (Phi) is 6.81. The van der Waals surface area contributed by atoms with Gasteiger partial charge in [0, 0.05) is 19.6 Å². The summed E-state index contributed by atoms with van der Waals surface area (Å²) >= 11 is 0. The molecule has 0 aliphatic rings. The van der Waals surface area contributed by atoms with E-state index in [0.717, 1.165) is 19.4 Å². The Morgan fingerprint density at radius 3 is 2.43 bits per heavy atom. The molecular formula is C16H31N3O2. The van der Waals surface area contributed by atoms with Crippen LogP contribution >= 0.6 is 0 Å². The first-order valence-electron chi connectivity index (χ1n) is 7.86. The summed E-state index contributed by atoms with van der Waals surface area (Å²) in [6.45, 7) is 13.8. The molecule has 0 aliphatic carbocycles. The molecule has 0 spiro atoms. The first kappa shape index (κ1) is 18.1. The average molecular weight is 297 g/mol. The fourth-order valence-corrected chi connectivity index (χ4v) is 2.61. The molecule has 1 N–H and O–H groups in total. The fraction of sp³-hybridized carbons (Fsp3) is 0.875. The lowest BCUT2D eigenvalue weighted by molar-refractivity contribution is 0.00718. The van der Waals surface area contributed by atoms with Crippen molar-refractivity contribution >= 4 is 0 Å². The molecule has 1 heterocycles. The number of ether oxygens (including phenoxy) is 1. The van der Waals surface area contributed by atoms with E-state index in [-0.39, 0.29) is 11.5 Å². The van der Waals surface area contributed by atoms with E-state index in [1.54, 1.807) is 7.11 Å². The third kappa shape index (κ3) is 5.75. The molecule has 1 aromatic heterocycles. The molecule has 0 saturated heterocycles.